The van der Waals surface area contributed by atoms with Crippen molar-refractivity contribution in [3.63, 3.8) is 0 Å². The van der Waals surface area contributed by atoms with Crippen LogP contribution in [0.4, 0.5) is 4.39 Å². The van der Waals surface area contributed by atoms with Gasteiger partial charge in [-0.15, -0.1) is 11.8 Å². The van der Waals surface area contributed by atoms with Gasteiger partial charge in [0, 0.05) is 17.0 Å². The van der Waals surface area contributed by atoms with Crippen LogP contribution in [-0.4, -0.2) is 12.8 Å². The molecule has 0 amide bonds. The third-order valence-electron chi connectivity index (χ3n) is 1.89. The standard InChI is InChI=1S/C11H16FNS/c1-3-7-14-11-6-4-5-10(12)9(11)8-13-2/h4-6,13H,3,7-8H2,1-2H3. The van der Waals surface area contributed by atoms with Crippen LogP contribution < -0.4 is 5.32 Å². The van der Waals surface area contributed by atoms with Crippen molar-refractivity contribution in [2.45, 2.75) is 24.8 Å². The van der Waals surface area contributed by atoms with E-state index in [1.54, 1.807) is 17.8 Å². The fraction of sp³-hybridized carbons (Fsp3) is 0.455. The molecule has 0 saturated heterocycles. The summed E-state index contributed by atoms with van der Waals surface area (Å²) in [6.07, 6.45) is 1.11. The smallest absolute Gasteiger partial charge is 0.128 e. The minimum absolute atomic E-state index is 0.111. The van der Waals surface area contributed by atoms with Crippen molar-refractivity contribution in [2.75, 3.05) is 12.8 Å². The molecule has 0 spiro atoms. The van der Waals surface area contributed by atoms with Crippen molar-refractivity contribution in [1.82, 2.24) is 5.32 Å². The Morgan fingerprint density at radius 3 is 2.86 bits per heavy atom. The van der Waals surface area contributed by atoms with E-state index in [9.17, 15) is 4.39 Å². The predicted octanol–water partition coefficient (Wildman–Crippen LogP) is 3.05. The number of hydrogen-bond donors (Lipinski definition) is 1. The van der Waals surface area contributed by atoms with Gasteiger partial charge >= 0.3 is 0 Å². The van der Waals surface area contributed by atoms with Crippen LogP contribution in [0.3, 0.4) is 0 Å². The van der Waals surface area contributed by atoms with Crippen LogP contribution in [0.1, 0.15) is 18.9 Å². The van der Waals surface area contributed by atoms with Gasteiger partial charge in [-0.25, -0.2) is 4.39 Å². The molecule has 0 heterocycles. The summed E-state index contributed by atoms with van der Waals surface area (Å²) in [5.74, 6) is 0.931. The average molecular weight is 213 g/mol. The van der Waals surface area contributed by atoms with Crippen LogP contribution >= 0.6 is 11.8 Å². The summed E-state index contributed by atoms with van der Waals surface area (Å²) in [6.45, 7) is 2.72. The van der Waals surface area contributed by atoms with Gasteiger partial charge in [-0.3, -0.25) is 0 Å². The normalized spacial score (nSPS) is 10.5. The SMILES string of the molecule is CCCSc1cccc(F)c1CNC. The van der Waals surface area contributed by atoms with Gasteiger partial charge in [0.1, 0.15) is 5.82 Å². The maximum atomic E-state index is 13.4. The zero-order valence-electron chi connectivity index (χ0n) is 8.64. The van der Waals surface area contributed by atoms with E-state index in [-0.39, 0.29) is 5.82 Å². The average Bonchev–Trinajstić information content (AvgIpc) is 2.19. The van der Waals surface area contributed by atoms with Crippen molar-refractivity contribution in [2.24, 2.45) is 0 Å². The third-order valence-corrected chi connectivity index (χ3v) is 3.20. The molecule has 0 radical (unpaired) electrons. The Hall–Kier alpha value is -0.540. The van der Waals surface area contributed by atoms with E-state index >= 15 is 0 Å². The number of halogens is 1. The molecule has 1 nitrogen and oxygen atoms in total. The van der Waals surface area contributed by atoms with E-state index < -0.39 is 0 Å². The van der Waals surface area contributed by atoms with Crippen molar-refractivity contribution in [3.05, 3.63) is 29.6 Å². The van der Waals surface area contributed by atoms with Gasteiger partial charge < -0.3 is 5.32 Å². The van der Waals surface area contributed by atoms with Gasteiger partial charge in [0.2, 0.25) is 0 Å². The molecule has 0 bridgehead atoms. The number of benzene rings is 1. The van der Waals surface area contributed by atoms with Crippen molar-refractivity contribution in [1.29, 1.82) is 0 Å². The summed E-state index contributed by atoms with van der Waals surface area (Å²) >= 11 is 1.72. The lowest BCUT2D eigenvalue weighted by Gasteiger charge is -2.08. The minimum atomic E-state index is -0.111. The van der Waals surface area contributed by atoms with E-state index in [1.807, 2.05) is 13.1 Å². The van der Waals surface area contributed by atoms with Gasteiger partial charge in [-0.2, -0.15) is 0 Å². The lowest BCUT2D eigenvalue weighted by atomic mass is 10.2. The lowest BCUT2D eigenvalue weighted by Crippen LogP contribution is -2.08. The summed E-state index contributed by atoms with van der Waals surface area (Å²) in [4.78, 5) is 1.06. The predicted molar refractivity (Wildman–Crippen MR) is 60.2 cm³/mol. The van der Waals surface area contributed by atoms with Gasteiger partial charge in [-0.05, 0) is 31.4 Å². The fourth-order valence-corrected chi connectivity index (χ4v) is 2.18. The molecule has 0 saturated carbocycles. The molecule has 0 aliphatic heterocycles. The summed E-state index contributed by atoms with van der Waals surface area (Å²) in [7, 11) is 1.83. The third kappa shape index (κ3) is 3.00. The first-order chi connectivity index (χ1) is 6.79. The highest BCUT2D eigenvalue weighted by molar-refractivity contribution is 7.99. The maximum Gasteiger partial charge on any atom is 0.128 e. The van der Waals surface area contributed by atoms with Crippen LogP contribution in [0.15, 0.2) is 23.1 Å². The summed E-state index contributed by atoms with van der Waals surface area (Å²) in [6, 6.07) is 5.27. The van der Waals surface area contributed by atoms with Gasteiger partial charge in [0.25, 0.3) is 0 Å². The van der Waals surface area contributed by atoms with Crippen LogP contribution in [0.25, 0.3) is 0 Å². The van der Waals surface area contributed by atoms with E-state index in [2.05, 4.69) is 12.2 Å². The Labute approximate surface area is 89.1 Å². The van der Waals surface area contributed by atoms with E-state index in [4.69, 9.17) is 0 Å². The maximum absolute atomic E-state index is 13.4. The second-order valence-electron chi connectivity index (χ2n) is 3.10. The molecule has 0 unspecified atom stereocenters. The number of hydrogen-bond acceptors (Lipinski definition) is 2. The first-order valence-corrected chi connectivity index (χ1v) is 5.83. The zero-order valence-corrected chi connectivity index (χ0v) is 9.46. The largest absolute Gasteiger partial charge is 0.316 e. The second-order valence-corrected chi connectivity index (χ2v) is 4.23. The highest BCUT2D eigenvalue weighted by atomic mass is 32.2. The molecule has 1 aromatic rings. The van der Waals surface area contributed by atoms with Crippen molar-refractivity contribution < 1.29 is 4.39 Å². The highest BCUT2D eigenvalue weighted by Crippen LogP contribution is 2.25. The Bertz CT molecular complexity index is 289. The Morgan fingerprint density at radius 1 is 1.43 bits per heavy atom. The summed E-state index contributed by atoms with van der Waals surface area (Å²) in [5.41, 5.74) is 0.786. The molecule has 14 heavy (non-hydrogen) atoms. The Morgan fingerprint density at radius 2 is 2.21 bits per heavy atom. The molecule has 3 heteroatoms. The van der Waals surface area contributed by atoms with Crippen LogP contribution in [0, 0.1) is 5.82 Å². The highest BCUT2D eigenvalue weighted by Gasteiger charge is 2.06. The molecule has 0 fully saturated rings. The quantitative estimate of drug-likeness (QED) is 0.754. The molecular formula is C11H16FNS. The first-order valence-electron chi connectivity index (χ1n) is 4.84. The minimum Gasteiger partial charge on any atom is -0.316 e. The molecular weight excluding hydrogens is 197 g/mol. The Balaban J connectivity index is 2.83. The van der Waals surface area contributed by atoms with Crippen molar-refractivity contribution >= 4 is 11.8 Å². The Kier molecular flexibility index (Phi) is 4.98. The van der Waals surface area contributed by atoms with Crippen LogP contribution in [0.5, 0.6) is 0 Å². The van der Waals surface area contributed by atoms with Gasteiger partial charge in [0.05, 0.1) is 0 Å². The number of rotatable bonds is 5. The molecule has 1 rings (SSSR count). The van der Waals surface area contributed by atoms with Crippen molar-refractivity contribution in [3.8, 4) is 0 Å². The van der Waals surface area contributed by atoms with E-state index in [0.717, 1.165) is 22.6 Å². The molecule has 0 aromatic heterocycles. The van der Waals surface area contributed by atoms with Crippen LogP contribution in [0.2, 0.25) is 0 Å². The molecule has 78 valence electrons. The molecule has 1 aromatic carbocycles. The van der Waals surface area contributed by atoms with Crippen LogP contribution in [-0.2, 0) is 6.54 Å². The van der Waals surface area contributed by atoms with Gasteiger partial charge in [0.15, 0.2) is 0 Å². The fourth-order valence-electron chi connectivity index (χ4n) is 1.23. The molecule has 0 aliphatic carbocycles. The van der Waals surface area contributed by atoms with E-state index in [1.165, 1.54) is 6.07 Å². The first kappa shape index (κ1) is 11.5. The number of nitrogens with one attached hydrogen (secondary N) is 1. The second kappa shape index (κ2) is 6.04. The van der Waals surface area contributed by atoms with Gasteiger partial charge in [-0.1, -0.05) is 13.0 Å². The molecule has 0 aliphatic rings. The summed E-state index contributed by atoms with van der Waals surface area (Å²) in [5, 5.41) is 2.99. The molecule has 1 N–H and O–H groups in total. The monoisotopic (exact) mass is 213 g/mol. The molecule has 0 atom stereocenters. The lowest BCUT2D eigenvalue weighted by molar-refractivity contribution is 0.594. The topological polar surface area (TPSA) is 12.0 Å². The zero-order chi connectivity index (χ0) is 10.4. The summed E-state index contributed by atoms with van der Waals surface area (Å²) < 4.78 is 13.4. The number of thioether (sulfide) groups is 1. The van der Waals surface area contributed by atoms with E-state index in [0.29, 0.717) is 6.54 Å².